The summed E-state index contributed by atoms with van der Waals surface area (Å²) < 4.78 is 0. The smallest absolute Gasteiger partial charge is 0.259 e. The van der Waals surface area contributed by atoms with Gasteiger partial charge in [0, 0.05) is 28.2 Å². The first-order chi connectivity index (χ1) is 13.7. The predicted molar refractivity (Wildman–Crippen MR) is 110 cm³/mol. The molecule has 0 saturated carbocycles. The lowest BCUT2D eigenvalue weighted by molar-refractivity contribution is -0.120. The van der Waals surface area contributed by atoms with Crippen LogP contribution >= 0.6 is 0 Å². The molecule has 6 heteroatoms. The molecule has 0 fully saturated rings. The molecule has 0 aliphatic rings. The zero-order valence-corrected chi connectivity index (χ0v) is 15.0. The summed E-state index contributed by atoms with van der Waals surface area (Å²) in [5.74, 6) is -0.697. The van der Waals surface area contributed by atoms with Crippen LogP contribution in [0.2, 0.25) is 0 Å². The maximum absolute atomic E-state index is 12.4. The molecule has 0 bridgehead atoms. The topological polar surface area (TPSA) is 86.3 Å². The molecule has 0 unspecified atom stereocenters. The number of benzene rings is 3. The van der Waals surface area contributed by atoms with E-state index in [1.807, 2.05) is 66.9 Å². The molecule has 28 heavy (non-hydrogen) atoms. The van der Waals surface area contributed by atoms with Gasteiger partial charge in [0.1, 0.15) is 0 Å². The number of fused-ring (bicyclic) bond motifs is 2. The maximum atomic E-state index is 12.4. The van der Waals surface area contributed by atoms with Crippen molar-refractivity contribution in [3.05, 3.63) is 84.1 Å². The van der Waals surface area contributed by atoms with Crippen LogP contribution in [-0.4, -0.2) is 29.6 Å². The van der Waals surface area contributed by atoms with Crippen LogP contribution in [0, 0.1) is 0 Å². The van der Waals surface area contributed by atoms with Crippen molar-refractivity contribution in [2.45, 2.75) is 0 Å². The van der Waals surface area contributed by atoms with Crippen molar-refractivity contribution in [2.75, 3.05) is 6.54 Å². The van der Waals surface area contributed by atoms with E-state index in [9.17, 15) is 9.59 Å². The number of aromatic nitrogens is 1. The van der Waals surface area contributed by atoms with E-state index >= 15 is 0 Å². The van der Waals surface area contributed by atoms with E-state index < -0.39 is 5.91 Å². The summed E-state index contributed by atoms with van der Waals surface area (Å²) in [5, 5.41) is 9.44. The van der Waals surface area contributed by atoms with Crippen molar-refractivity contribution in [3.63, 3.8) is 0 Å². The molecule has 0 aliphatic carbocycles. The SMILES string of the molecule is O=C(CNC(=O)c1cccc2ccccc12)N/N=C/c1c[nH]c2ccccc12. The minimum Gasteiger partial charge on any atom is -0.361 e. The Balaban J connectivity index is 1.36. The number of amides is 2. The van der Waals surface area contributed by atoms with Crippen molar-refractivity contribution in [1.82, 2.24) is 15.7 Å². The fourth-order valence-corrected chi connectivity index (χ4v) is 3.09. The van der Waals surface area contributed by atoms with Gasteiger partial charge in [-0.25, -0.2) is 5.43 Å². The van der Waals surface area contributed by atoms with Crippen molar-refractivity contribution in [1.29, 1.82) is 0 Å². The molecule has 4 aromatic rings. The Hall–Kier alpha value is -3.93. The van der Waals surface area contributed by atoms with Gasteiger partial charge >= 0.3 is 0 Å². The van der Waals surface area contributed by atoms with Crippen molar-refractivity contribution in [2.24, 2.45) is 5.10 Å². The van der Waals surface area contributed by atoms with E-state index in [1.165, 1.54) is 0 Å². The van der Waals surface area contributed by atoms with Crippen molar-refractivity contribution >= 4 is 39.7 Å². The van der Waals surface area contributed by atoms with Crippen LogP contribution in [0.15, 0.2) is 78.0 Å². The van der Waals surface area contributed by atoms with Crippen LogP contribution < -0.4 is 10.7 Å². The minimum atomic E-state index is -0.398. The highest BCUT2D eigenvalue weighted by Gasteiger charge is 2.10. The zero-order valence-electron chi connectivity index (χ0n) is 15.0. The molecule has 0 radical (unpaired) electrons. The van der Waals surface area contributed by atoms with Gasteiger partial charge in [0.05, 0.1) is 12.8 Å². The van der Waals surface area contributed by atoms with Gasteiger partial charge in [-0.15, -0.1) is 0 Å². The molecule has 3 aromatic carbocycles. The van der Waals surface area contributed by atoms with E-state index in [0.717, 1.165) is 27.2 Å². The normalized spacial score (nSPS) is 11.1. The quantitative estimate of drug-likeness (QED) is 0.372. The monoisotopic (exact) mass is 370 g/mol. The minimum absolute atomic E-state index is 0.159. The van der Waals surface area contributed by atoms with Crippen LogP contribution in [0.4, 0.5) is 0 Å². The molecule has 0 saturated heterocycles. The van der Waals surface area contributed by atoms with E-state index in [-0.39, 0.29) is 12.5 Å². The summed E-state index contributed by atoms with van der Waals surface area (Å²) in [6.07, 6.45) is 3.39. The number of carbonyl (C=O) groups is 2. The summed E-state index contributed by atoms with van der Waals surface area (Å²) in [5.41, 5.74) is 4.84. The average molecular weight is 370 g/mol. The van der Waals surface area contributed by atoms with E-state index in [1.54, 1.807) is 12.3 Å². The van der Waals surface area contributed by atoms with E-state index in [2.05, 4.69) is 20.8 Å². The van der Waals surface area contributed by atoms with Gasteiger partial charge in [-0.1, -0.05) is 54.6 Å². The Bertz CT molecular complexity index is 1190. The number of H-pyrrole nitrogens is 1. The lowest BCUT2D eigenvalue weighted by Crippen LogP contribution is -2.35. The predicted octanol–water partition coefficient (Wildman–Crippen LogP) is 3.20. The molecule has 0 atom stereocenters. The molecule has 0 spiro atoms. The lowest BCUT2D eigenvalue weighted by Gasteiger charge is -2.07. The number of hydrogen-bond donors (Lipinski definition) is 3. The number of nitrogens with zero attached hydrogens (tertiary/aromatic N) is 1. The summed E-state index contributed by atoms with van der Waals surface area (Å²) in [6.45, 7) is -0.159. The summed E-state index contributed by atoms with van der Waals surface area (Å²) >= 11 is 0. The van der Waals surface area contributed by atoms with Crippen molar-refractivity contribution < 1.29 is 9.59 Å². The van der Waals surface area contributed by atoms with Gasteiger partial charge in [-0.05, 0) is 22.9 Å². The molecule has 2 amide bonds. The third kappa shape index (κ3) is 3.61. The third-order valence-corrected chi connectivity index (χ3v) is 4.46. The Morgan fingerprint density at radius 2 is 1.68 bits per heavy atom. The highest BCUT2D eigenvalue weighted by molar-refractivity contribution is 6.07. The Morgan fingerprint density at radius 1 is 0.929 bits per heavy atom. The van der Waals surface area contributed by atoms with Crippen LogP contribution in [0.3, 0.4) is 0 Å². The van der Waals surface area contributed by atoms with Gasteiger partial charge in [-0.3, -0.25) is 9.59 Å². The van der Waals surface area contributed by atoms with Gasteiger partial charge < -0.3 is 10.3 Å². The van der Waals surface area contributed by atoms with Gasteiger partial charge in [0.2, 0.25) is 0 Å². The van der Waals surface area contributed by atoms with Crippen molar-refractivity contribution in [3.8, 4) is 0 Å². The number of rotatable bonds is 5. The Kier molecular flexibility index (Phi) is 4.84. The highest BCUT2D eigenvalue weighted by atomic mass is 16.2. The highest BCUT2D eigenvalue weighted by Crippen LogP contribution is 2.18. The summed E-state index contributed by atoms with van der Waals surface area (Å²) in [6, 6.07) is 21.0. The lowest BCUT2D eigenvalue weighted by atomic mass is 10.0. The number of hydrogen-bond acceptors (Lipinski definition) is 3. The van der Waals surface area contributed by atoms with Gasteiger partial charge in [0.15, 0.2) is 0 Å². The second kappa shape index (κ2) is 7.75. The molecular weight excluding hydrogens is 352 g/mol. The number of hydrazone groups is 1. The van der Waals surface area contributed by atoms with E-state index in [4.69, 9.17) is 0 Å². The average Bonchev–Trinajstić information content (AvgIpc) is 3.15. The standard InChI is InChI=1S/C22H18N4O2/c27-21(26-25-13-16-12-23-20-11-4-3-9-18(16)20)14-24-22(28)19-10-5-7-15-6-1-2-8-17(15)19/h1-13,23H,14H2,(H,24,28)(H,26,27)/b25-13+. The summed E-state index contributed by atoms with van der Waals surface area (Å²) in [7, 11) is 0. The Morgan fingerprint density at radius 3 is 2.57 bits per heavy atom. The second-order valence-electron chi connectivity index (χ2n) is 6.29. The molecule has 138 valence electrons. The van der Waals surface area contributed by atoms with Crippen LogP contribution in [0.25, 0.3) is 21.7 Å². The van der Waals surface area contributed by atoms with Gasteiger partial charge in [-0.2, -0.15) is 5.10 Å². The van der Waals surface area contributed by atoms with Crippen LogP contribution in [0.5, 0.6) is 0 Å². The van der Waals surface area contributed by atoms with Crippen LogP contribution in [0.1, 0.15) is 15.9 Å². The van der Waals surface area contributed by atoms with Crippen LogP contribution in [-0.2, 0) is 4.79 Å². The summed E-state index contributed by atoms with van der Waals surface area (Å²) in [4.78, 5) is 27.6. The second-order valence-corrected chi connectivity index (χ2v) is 6.29. The molecule has 6 nitrogen and oxygen atoms in total. The first-order valence-corrected chi connectivity index (χ1v) is 8.86. The first kappa shape index (κ1) is 17.5. The molecule has 1 heterocycles. The number of nitrogens with one attached hydrogen (secondary N) is 3. The third-order valence-electron chi connectivity index (χ3n) is 4.46. The molecule has 4 rings (SSSR count). The molecular formula is C22H18N4O2. The van der Waals surface area contributed by atoms with Gasteiger partial charge in [0.25, 0.3) is 11.8 Å². The Labute approximate surface area is 161 Å². The zero-order chi connectivity index (χ0) is 19.3. The molecule has 1 aromatic heterocycles. The maximum Gasteiger partial charge on any atom is 0.259 e. The molecule has 0 aliphatic heterocycles. The number of carbonyl (C=O) groups excluding carboxylic acids is 2. The fourth-order valence-electron chi connectivity index (χ4n) is 3.09. The first-order valence-electron chi connectivity index (χ1n) is 8.86. The number of para-hydroxylation sites is 1. The number of aromatic amines is 1. The molecule has 3 N–H and O–H groups in total. The fraction of sp³-hybridized carbons (Fsp3) is 0.0455. The van der Waals surface area contributed by atoms with E-state index in [0.29, 0.717) is 5.56 Å². The largest absolute Gasteiger partial charge is 0.361 e.